The molecule has 144 valence electrons. The number of nitriles is 1. The summed E-state index contributed by atoms with van der Waals surface area (Å²) in [6.07, 6.45) is 7.50. The van der Waals surface area contributed by atoms with Crippen molar-refractivity contribution in [2.45, 2.75) is 13.0 Å². The zero-order chi connectivity index (χ0) is 20.3. The van der Waals surface area contributed by atoms with Gasteiger partial charge in [-0.25, -0.2) is 0 Å². The summed E-state index contributed by atoms with van der Waals surface area (Å²) in [7, 11) is 0. The van der Waals surface area contributed by atoms with Crippen LogP contribution in [0.3, 0.4) is 0 Å². The smallest absolute Gasteiger partial charge is 0.0647 e. The Kier molecular flexibility index (Phi) is 7.14. The van der Waals surface area contributed by atoms with Crippen molar-refractivity contribution < 1.29 is 0 Å². The highest BCUT2D eigenvalue weighted by Crippen LogP contribution is 2.26. The van der Waals surface area contributed by atoms with Crippen LogP contribution in [0.15, 0.2) is 85.3 Å². The Balaban J connectivity index is 1.76. The van der Waals surface area contributed by atoms with Gasteiger partial charge in [-0.2, -0.15) is 5.26 Å². The molecule has 1 heterocycles. The van der Waals surface area contributed by atoms with Gasteiger partial charge in [0.15, 0.2) is 0 Å². The van der Waals surface area contributed by atoms with Gasteiger partial charge < -0.3 is 16.0 Å². The van der Waals surface area contributed by atoms with Crippen LogP contribution in [0.1, 0.15) is 17.5 Å². The van der Waals surface area contributed by atoms with Gasteiger partial charge in [-0.15, -0.1) is 0 Å². The number of nitrogens with zero attached hydrogens (tertiary/aromatic N) is 2. The van der Waals surface area contributed by atoms with Crippen molar-refractivity contribution in [1.82, 2.24) is 10.3 Å². The van der Waals surface area contributed by atoms with Crippen LogP contribution in [0.5, 0.6) is 0 Å². The molecule has 29 heavy (non-hydrogen) atoms. The molecule has 3 aromatic rings. The lowest BCUT2D eigenvalue weighted by Crippen LogP contribution is -2.09. The number of benzene rings is 2. The van der Waals surface area contributed by atoms with Gasteiger partial charge in [0.1, 0.15) is 0 Å². The molecule has 5 nitrogen and oxygen atoms in total. The summed E-state index contributed by atoms with van der Waals surface area (Å²) in [6.45, 7) is 1.19. The first kappa shape index (κ1) is 19.8. The lowest BCUT2D eigenvalue weighted by Gasteiger charge is -2.13. The second-order valence-electron chi connectivity index (χ2n) is 6.45. The van der Waals surface area contributed by atoms with E-state index in [4.69, 9.17) is 10.7 Å². The third-order valence-corrected chi connectivity index (χ3v) is 4.37. The van der Waals surface area contributed by atoms with Crippen LogP contribution in [0, 0.1) is 16.7 Å². The first-order valence-corrected chi connectivity index (χ1v) is 9.46. The molecule has 1 aromatic heterocycles. The minimum Gasteiger partial charge on any atom is -0.387 e. The van der Waals surface area contributed by atoms with E-state index >= 15 is 0 Å². The Hall–Kier alpha value is -3.91. The molecular weight excluding hydrogens is 358 g/mol. The van der Waals surface area contributed by atoms with Crippen LogP contribution in [-0.4, -0.2) is 17.2 Å². The molecule has 0 saturated carbocycles. The van der Waals surface area contributed by atoms with Gasteiger partial charge >= 0.3 is 0 Å². The molecule has 0 bridgehead atoms. The highest BCUT2D eigenvalue weighted by atomic mass is 14.9. The average Bonchev–Trinajstić information content (AvgIpc) is 2.78. The van der Waals surface area contributed by atoms with Crippen LogP contribution < -0.4 is 10.6 Å². The van der Waals surface area contributed by atoms with Crippen LogP contribution in [-0.2, 0) is 6.54 Å². The second-order valence-corrected chi connectivity index (χ2v) is 6.45. The monoisotopic (exact) mass is 381 g/mol. The third-order valence-electron chi connectivity index (χ3n) is 4.37. The molecule has 0 aliphatic rings. The van der Waals surface area contributed by atoms with Gasteiger partial charge in [0.25, 0.3) is 0 Å². The number of hydrogen-bond acceptors (Lipinski definition) is 5. The maximum absolute atomic E-state index is 8.80. The summed E-state index contributed by atoms with van der Waals surface area (Å²) >= 11 is 0. The number of allylic oxidation sites excluding steroid dienone is 1. The van der Waals surface area contributed by atoms with Crippen molar-refractivity contribution in [3.63, 3.8) is 0 Å². The van der Waals surface area contributed by atoms with E-state index in [0.29, 0.717) is 25.2 Å². The fourth-order valence-corrected chi connectivity index (χ4v) is 2.90. The molecule has 2 aromatic carbocycles. The number of pyridine rings is 1. The molecule has 0 atom stereocenters. The molecule has 3 N–H and O–H groups in total. The largest absolute Gasteiger partial charge is 0.387 e. The average molecular weight is 381 g/mol. The molecule has 3 rings (SSSR count). The molecule has 0 aliphatic heterocycles. The maximum Gasteiger partial charge on any atom is 0.0647 e. The summed E-state index contributed by atoms with van der Waals surface area (Å²) in [5.74, 6) is 0. The first-order valence-electron chi connectivity index (χ1n) is 9.46. The zero-order valence-corrected chi connectivity index (χ0v) is 16.1. The Morgan fingerprint density at radius 1 is 1.07 bits per heavy atom. The van der Waals surface area contributed by atoms with Gasteiger partial charge in [0.05, 0.1) is 18.2 Å². The minimum atomic E-state index is 0.390. The zero-order valence-electron chi connectivity index (χ0n) is 16.1. The van der Waals surface area contributed by atoms with Crippen LogP contribution in [0.2, 0.25) is 0 Å². The Morgan fingerprint density at radius 3 is 2.69 bits per heavy atom. The molecule has 0 saturated heterocycles. The normalized spacial score (nSPS) is 10.4. The number of hydrogen-bond donors (Lipinski definition) is 3. The van der Waals surface area contributed by atoms with E-state index in [-0.39, 0.29) is 0 Å². The Labute approximate surface area is 171 Å². The highest BCUT2D eigenvalue weighted by Gasteiger charge is 2.08. The number of rotatable bonds is 9. The van der Waals surface area contributed by atoms with Gasteiger partial charge in [0, 0.05) is 36.7 Å². The second kappa shape index (κ2) is 10.4. The summed E-state index contributed by atoms with van der Waals surface area (Å²) in [5.41, 5.74) is 5.26. The van der Waals surface area contributed by atoms with E-state index in [0.717, 1.165) is 27.9 Å². The van der Waals surface area contributed by atoms with Crippen LogP contribution in [0.25, 0.3) is 11.1 Å². The standard InChI is InChI=1S/C24H23N5/c25-12-5-14-29-24-10-9-21(20-7-2-1-3-8-20)16-22(24)23(26)11-15-28-18-19-6-4-13-27-17-19/h1-4,6-11,13,15-17,26,28-29H,5,14,18H2/b15-11-,26-23?. The van der Waals surface area contributed by atoms with Crippen molar-refractivity contribution in [1.29, 1.82) is 10.7 Å². The van der Waals surface area contributed by atoms with Crippen molar-refractivity contribution in [2.75, 3.05) is 11.9 Å². The fraction of sp³-hybridized carbons (Fsp3) is 0.125. The molecule has 0 radical (unpaired) electrons. The Morgan fingerprint density at radius 2 is 1.93 bits per heavy atom. The predicted molar refractivity (Wildman–Crippen MR) is 118 cm³/mol. The van der Waals surface area contributed by atoms with E-state index < -0.39 is 0 Å². The maximum atomic E-state index is 8.80. The lowest BCUT2D eigenvalue weighted by molar-refractivity contribution is 0.864. The Bertz CT molecular complexity index is 1000. The lowest BCUT2D eigenvalue weighted by atomic mass is 9.99. The van der Waals surface area contributed by atoms with Gasteiger partial charge in [-0.1, -0.05) is 42.5 Å². The van der Waals surface area contributed by atoms with Crippen molar-refractivity contribution in [3.05, 3.63) is 96.5 Å². The predicted octanol–water partition coefficient (Wildman–Crippen LogP) is 4.75. The molecule has 0 aliphatic carbocycles. The number of anilines is 1. The summed E-state index contributed by atoms with van der Waals surface area (Å²) < 4.78 is 0. The molecule has 0 spiro atoms. The van der Waals surface area contributed by atoms with Crippen LogP contribution >= 0.6 is 0 Å². The molecule has 5 heteroatoms. The van der Waals surface area contributed by atoms with Gasteiger partial charge in [0.2, 0.25) is 0 Å². The SMILES string of the molecule is N#CCCNc1ccc(-c2ccccc2)cc1C(=N)/C=C\NCc1cccnc1. The van der Waals surface area contributed by atoms with Crippen molar-refractivity contribution >= 4 is 11.4 Å². The molecule has 0 unspecified atom stereocenters. The summed E-state index contributed by atoms with van der Waals surface area (Å²) in [4.78, 5) is 4.09. The summed E-state index contributed by atoms with van der Waals surface area (Å²) in [5, 5.41) is 23.8. The minimum absolute atomic E-state index is 0.390. The topological polar surface area (TPSA) is 84.6 Å². The molecule has 0 fully saturated rings. The fourth-order valence-electron chi connectivity index (χ4n) is 2.90. The highest BCUT2D eigenvalue weighted by molar-refractivity contribution is 6.10. The molecule has 0 amide bonds. The van der Waals surface area contributed by atoms with E-state index in [1.165, 1.54) is 0 Å². The summed E-state index contributed by atoms with van der Waals surface area (Å²) in [6, 6.07) is 22.1. The molecular formula is C24H23N5. The quantitative estimate of drug-likeness (QED) is 0.369. The third kappa shape index (κ3) is 5.78. The van der Waals surface area contributed by atoms with Gasteiger partial charge in [-0.05, 0) is 47.2 Å². The first-order chi connectivity index (χ1) is 14.3. The number of nitrogens with one attached hydrogen (secondary N) is 3. The van der Waals surface area contributed by atoms with E-state index in [2.05, 4.69) is 33.8 Å². The van der Waals surface area contributed by atoms with E-state index in [1.54, 1.807) is 18.5 Å². The van der Waals surface area contributed by atoms with E-state index in [9.17, 15) is 0 Å². The van der Waals surface area contributed by atoms with E-state index in [1.807, 2.05) is 54.7 Å². The van der Waals surface area contributed by atoms with Crippen molar-refractivity contribution in [3.8, 4) is 17.2 Å². The van der Waals surface area contributed by atoms with Crippen molar-refractivity contribution in [2.24, 2.45) is 0 Å². The van der Waals surface area contributed by atoms with Gasteiger partial charge in [-0.3, -0.25) is 4.98 Å². The number of aromatic nitrogens is 1. The van der Waals surface area contributed by atoms with Crippen LogP contribution in [0.4, 0.5) is 5.69 Å².